The van der Waals surface area contributed by atoms with E-state index in [1.165, 1.54) is 35.6 Å². The average molecular weight is 495 g/mol. The van der Waals surface area contributed by atoms with Crippen LogP contribution in [-0.4, -0.2) is 54.7 Å². The van der Waals surface area contributed by atoms with Crippen LogP contribution in [0.25, 0.3) is 22.0 Å². The Morgan fingerprint density at radius 3 is 2.53 bits per heavy atom. The number of aromatic nitrogens is 2. The Balaban J connectivity index is 1.90. The third-order valence-corrected chi connectivity index (χ3v) is 7.41. The number of alkyl halides is 3. The molecule has 5 rings (SSSR count). The molecule has 2 aromatic carbocycles. The highest BCUT2D eigenvalue weighted by Crippen LogP contribution is 2.48. The number of halogens is 4. The molecule has 0 aliphatic carbocycles. The van der Waals surface area contributed by atoms with Gasteiger partial charge in [0, 0.05) is 54.9 Å². The first-order chi connectivity index (χ1) is 16.3. The molecule has 6 nitrogen and oxygen atoms in total. The maximum Gasteiger partial charge on any atom is 0.417 e. The summed E-state index contributed by atoms with van der Waals surface area (Å²) in [6, 6.07) is 6.03. The highest BCUT2D eigenvalue weighted by Gasteiger charge is 2.38. The van der Waals surface area contributed by atoms with Crippen molar-refractivity contribution in [3.05, 3.63) is 52.2 Å². The van der Waals surface area contributed by atoms with E-state index in [-0.39, 0.29) is 35.0 Å². The fourth-order valence-corrected chi connectivity index (χ4v) is 5.85. The van der Waals surface area contributed by atoms with E-state index in [1.54, 1.807) is 0 Å². The highest BCUT2D eigenvalue weighted by molar-refractivity contribution is 7.99. The molecule has 3 aromatic rings. The molecule has 0 saturated carbocycles. The third-order valence-electron chi connectivity index (χ3n) is 6.19. The lowest BCUT2D eigenvalue weighted by Crippen LogP contribution is -2.45. The highest BCUT2D eigenvalue weighted by atomic mass is 32.2. The van der Waals surface area contributed by atoms with Crippen LogP contribution >= 0.6 is 11.8 Å². The molecule has 1 aromatic heterocycles. The van der Waals surface area contributed by atoms with E-state index < -0.39 is 23.2 Å². The van der Waals surface area contributed by atoms with Crippen LogP contribution in [0.4, 0.5) is 23.4 Å². The number of benzene rings is 2. The van der Waals surface area contributed by atoms with Gasteiger partial charge in [-0.2, -0.15) is 18.2 Å². The number of thioether (sulfide) groups is 1. The molecule has 1 saturated heterocycles. The first-order valence-corrected chi connectivity index (χ1v) is 11.8. The Kier molecular flexibility index (Phi) is 6.03. The zero-order valence-electron chi connectivity index (χ0n) is 18.3. The van der Waals surface area contributed by atoms with Gasteiger partial charge in [0.25, 0.3) is 0 Å². The molecule has 1 fully saturated rings. The molecule has 180 valence electrons. The van der Waals surface area contributed by atoms with Gasteiger partial charge in [0.05, 0.1) is 23.7 Å². The minimum absolute atomic E-state index is 0.0626. The normalized spacial score (nSPS) is 18.9. The lowest BCUT2D eigenvalue weighted by molar-refractivity contribution is -0.137. The number of piperazine rings is 1. The summed E-state index contributed by atoms with van der Waals surface area (Å²) in [6.07, 6.45) is -5.07. The van der Waals surface area contributed by atoms with Crippen LogP contribution in [0.5, 0.6) is 0 Å². The minimum atomic E-state index is -4.68. The van der Waals surface area contributed by atoms with E-state index >= 15 is 0 Å². The maximum absolute atomic E-state index is 14.5. The molecule has 2 aliphatic rings. The van der Waals surface area contributed by atoms with Crippen molar-refractivity contribution in [1.29, 1.82) is 0 Å². The number of anilines is 1. The van der Waals surface area contributed by atoms with Crippen molar-refractivity contribution in [3.63, 3.8) is 0 Å². The molecule has 0 spiro atoms. The number of nitrogens with zero attached hydrogens (tertiary/aromatic N) is 3. The van der Waals surface area contributed by atoms with Gasteiger partial charge in [-0.25, -0.2) is 9.18 Å². The second kappa shape index (κ2) is 8.86. The van der Waals surface area contributed by atoms with Gasteiger partial charge in [0.1, 0.15) is 11.6 Å². The fourth-order valence-electron chi connectivity index (χ4n) is 4.52. The van der Waals surface area contributed by atoms with Gasteiger partial charge in [0.15, 0.2) is 0 Å². The number of nitrogens with one attached hydrogen (secondary N) is 1. The van der Waals surface area contributed by atoms with E-state index in [2.05, 4.69) is 10.3 Å². The summed E-state index contributed by atoms with van der Waals surface area (Å²) in [6.45, 7) is 2.50. The van der Waals surface area contributed by atoms with Gasteiger partial charge in [0.2, 0.25) is 0 Å². The van der Waals surface area contributed by atoms with Gasteiger partial charge < -0.3 is 15.0 Å². The summed E-state index contributed by atoms with van der Waals surface area (Å²) >= 11 is 1.22. The number of hydrogen-bond donors (Lipinski definition) is 1. The van der Waals surface area contributed by atoms with Crippen LogP contribution in [0.15, 0.2) is 40.0 Å². The van der Waals surface area contributed by atoms with Crippen LogP contribution in [0, 0.1) is 5.82 Å². The molecule has 2 aliphatic heterocycles. The van der Waals surface area contributed by atoms with Crippen LogP contribution in [0.1, 0.15) is 5.56 Å². The van der Waals surface area contributed by atoms with Gasteiger partial charge in [-0.1, -0.05) is 12.1 Å². The summed E-state index contributed by atoms with van der Waals surface area (Å²) in [7, 11) is 1.51. The predicted octanol–water partition coefficient (Wildman–Crippen LogP) is 3.75. The summed E-state index contributed by atoms with van der Waals surface area (Å²) in [5.41, 5.74) is -0.795. The minimum Gasteiger partial charge on any atom is -0.379 e. The molecule has 0 unspecified atom stereocenters. The molecule has 11 heteroatoms. The zero-order chi connectivity index (χ0) is 24.0. The van der Waals surface area contributed by atoms with Gasteiger partial charge in [-0.05, 0) is 23.8 Å². The van der Waals surface area contributed by atoms with Gasteiger partial charge >= 0.3 is 11.9 Å². The molecular formula is C23H22F4N4O2S. The Bertz CT molecular complexity index is 1290. The van der Waals surface area contributed by atoms with Gasteiger partial charge in [-0.3, -0.25) is 4.57 Å². The lowest BCUT2D eigenvalue weighted by atomic mass is 9.96. The van der Waals surface area contributed by atoms with Crippen LogP contribution in [0.3, 0.4) is 0 Å². The van der Waals surface area contributed by atoms with Crippen molar-refractivity contribution in [2.45, 2.75) is 23.7 Å². The first kappa shape index (κ1) is 23.1. The number of rotatable bonds is 3. The van der Waals surface area contributed by atoms with Crippen LogP contribution in [0.2, 0.25) is 0 Å². The standard InChI is InChI=1S/C23H22F4N4O2S/c1-33-15-11-31-19-16(21(29-22(31)32)30-8-6-28-7-9-30)10-17(23(25,26)27)18(20(19)34-12-15)13-2-4-14(24)5-3-13/h2-5,10,15,28H,6-9,11-12H2,1H3/t15-/m0/s1. The molecule has 34 heavy (non-hydrogen) atoms. The van der Waals surface area contributed by atoms with Crippen LogP contribution in [-0.2, 0) is 17.5 Å². The summed E-state index contributed by atoms with van der Waals surface area (Å²) in [4.78, 5) is 19.6. The SMILES string of the molecule is CO[C@@H]1CSc2c(-c3ccc(F)cc3)c(C(F)(F)F)cc3c(N4CCNCC4)nc(=O)n(c23)C1. The molecule has 3 heterocycles. The first-order valence-electron chi connectivity index (χ1n) is 10.8. The van der Waals surface area contributed by atoms with E-state index in [0.29, 0.717) is 42.3 Å². The topological polar surface area (TPSA) is 59.4 Å². The van der Waals surface area contributed by atoms with Crippen molar-refractivity contribution < 1.29 is 22.3 Å². The zero-order valence-corrected chi connectivity index (χ0v) is 19.1. The van der Waals surface area contributed by atoms with E-state index in [9.17, 15) is 22.4 Å². The largest absolute Gasteiger partial charge is 0.417 e. The molecular weight excluding hydrogens is 472 g/mol. The maximum atomic E-state index is 14.5. The second-order valence-electron chi connectivity index (χ2n) is 8.26. The van der Waals surface area contributed by atoms with Crippen molar-refractivity contribution in [2.75, 3.05) is 43.9 Å². The molecule has 1 atom stereocenters. The Labute approximate surface area is 196 Å². The molecule has 1 N–H and O–H groups in total. The van der Waals surface area contributed by atoms with Crippen molar-refractivity contribution in [2.24, 2.45) is 0 Å². The number of ether oxygens (including phenoxy) is 1. The van der Waals surface area contributed by atoms with E-state index in [0.717, 1.165) is 18.2 Å². The number of methoxy groups -OCH3 is 1. The Hall–Kier alpha value is -2.63. The van der Waals surface area contributed by atoms with Crippen molar-refractivity contribution in [1.82, 2.24) is 14.9 Å². The molecule has 0 amide bonds. The van der Waals surface area contributed by atoms with E-state index in [1.807, 2.05) is 4.90 Å². The second-order valence-corrected chi connectivity index (χ2v) is 9.29. The summed E-state index contributed by atoms with van der Waals surface area (Å²) < 4.78 is 63.9. The smallest absolute Gasteiger partial charge is 0.379 e. The summed E-state index contributed by atoms with van der Waals surface area (Å²) in [5.74, 6) is 0.0651. The van der Waals surface area contributed by atoms with Crippen LogP contribution < -0.4 is 15.9 Å². The summed E-state index contributed by atoms with van der Waals surface area (Å²) in [5, 5.41) is 3.48. The average Bonchev–Trinajstić information content (AvgIpc) is 3.02. The van der Waals surface area contributed by atoms with Gasteiger partial charge in [-0.15, -0.1) is 11.8 Å². The van der Waals surface area contributed by atoms with Crippen molar-refractivity contribution >= 4 is 28.5 Å². The van der Waals surface area contributed by atoms with E-state index in [4.69, 9.17) is 4.74 Å². The predicted molar refractivity (Wildman–Crippen MR) is 123 cm³/mol. The lowest BCUT2D eigenvalue weighted by Gasteiger charge is -2.30. The Morgan fingerprint density at radius 2 is 1.88 bits per heavy atom. The number of hydrogen-bond acceptors (Lipinski definition) is 6. The molecule has 0 bridgehead atoms. The molecule has 0 radical (unpaired) electrons. The monoisotopic (exact) mass is 494 g/mol. The third kappa shape index (κ3) is 4.05. The fraction of sp³-hybridized carbons (Fsp3) is 0.391. The quantitative estimate of drug-likeness (QED) is 0.560. The van der Waals surface area contributed by atoms with Crippen molar-refractivity contribution in [3.8, 4) is 11.1 Å². The Morgan fingerprint density at radius 1 is 1.18 bits per heavy atom.